The fraction of sp³-hybridized carbons (Fsp3) is 0. The number of hydrogen-bond donors (Lipinski definition) is 1. The Kier molecular flexibility index (Phi) is 17.2. The molecule has 0 bridgehead atoms. The Morgan fingerprint density at radius 1 is 0.176 bits per heavy atom. The molecule has 0 saturated heterocycles. The molecule has 512 valence electrons. The molecule has 108 heavy (non-hydrogen) atoms. The number of nitrogens with zero attached hydrogens (tertiary/aromatic N) is 5. The van der Waals surface area contributed by atoms with Gasteiger partial charge in [0.25, 0.3) is 0 Å². The molecule has 0 aliphatic rings. The molecule has 3 heterocycles. The van der Waals surface area contributed by atoms with Crippen molar-refractivity contribution in [3.63, 3.8) is 0 Å². The summed E-state index contributed by atoms with van der Waals surface area (Å²) in [4.78, 5) is 4.88. The third-order valence-corrected chi connectivity index (χ3v) is 22.5. The molecule has 0 atom stereocenters. The Bertz CT molecular complexity index is 6320. The van der Waals surface area contributed by atoms with Crippen LogP contribution in [-0.2, 0) is 0 Å². The summed E-state index contributed by atoms with van der Waals surface area (Å²) in [6.07, 6.45) is 0. The van der Waals surface area contributed by atoms with Crippen LogP contribution in [0.1, 0.15) is 0 Å². The molecule has 0 unspecified atom stereocenters. The second kappa shape index (κ2) is 28.3. The van der Waals surface area contributed by atoms with Crippen LogP contribution in [0.2, 0.25) is 0 Å². The van der Waals surface area contributed by atoms with Gasteiger partial charge in [-0.1, -0.05) is 261 Å². The third kappa shape index (κ3) is 11.7. The summed E-state index contributed by atoms with van der Waals surface area (Å²) < 4.78 is 9.43. The van der Waals surface area contributed by atoms with E-state index in [0.717, 1.165) is 78.4 Å². The first-order valence-electron chi connectivity index (χ1n) is 36.5. The van der Waals surface area contributed by atoms with E-state index < -0.39 is 0 Å². The van der Waals surface area contributed by atoms with Gasteiger partial charge in [-0.25, -0.2) is 0 Å². The minimum atomic E-state index is 1.08. The smallest absolute Gasteiger partial charge is 0.0619 e. The lowest BCUT2D eigenvalue weighted by atomic mass is 9.95. The Morgan fingerprint density at radius 2 is 0.370 bits per heavy atom. The summed E-state index contributed by atoms with van der Waals surface area (Å²) in [5.41, 5.74) is 19.5. The highest BCUT2D eigenvalue weighted by Gasteiger charge is 2.27. The van der Waals surface area contributed by atoms with Crippen molar-refractivity contribution in [2.24, 2.45) is 0 Å². The highest BCUT2D eigenvalue weighted by Crippen LogP contribution is 2.52. The van der Waals surface area contributed by atoms with Crippen LogP contribution in [0.15, 0.2) is 415 Å². The van der Waals surface area contributed by atoms with Gasteiger partial charge in [-0.3, -0.25) is 0 Å². The van der Waals surface area contributed by atoms with E-state index in [1.165, 1.54) is 102 Å². The number of halogens is 2. The molecule has 0 aliphatic carbocycles. The highest BCUT2D eigenvalue weighted by atomic mass is 79.9. The summed E-state index contributed by atoms with van der Waals surface area (Å²) in [5, 5.41) is 20.6. The molecule has 0 aliphatic heterocycles. The van der Waals surface area contributed by atoms with Crippen LogP contribution in [0.5, 0.6) is 0 Å². The maximum atomic E-state index is 3.70. The van der Waals surface area contributed by atoms with Crippen molar-refractivity contribution in [2.45, 2.75) is 0 Å². The fourth-order valence-corrected chi connectivity index (χ4v) is 17.4. The van der Waals surface area contributed by atoms with E-state index in [1.54, 1.807) is 0 Å². The molecule has 0 radical (unpaired) electrons. The Morgan fingerprint density at radius 3 is 0.639 bits per heavy atom. The molecular weight excluding hydrogens is 1440 g/mol. The van der Waals surface area contributed by atoms with Gasteiger partial charge in [-0.05, 0) is 199 Å². The molecule has 8 heteroatoms. The normalized spacial score (nSPS) is 11.4. The molecule has 0 spiro atoms. The van der Waals surface area contributed by atoms with Crippen molar-refractivity contribution in [3.05, 3.63) is 415 Å². The number of anilines is 8. The molecule has 21 rings (SSSR count). The second-order valence-corrected chi connectivity index (χ2v) is 28.6. The van der Waals surface area contributed by atoms with Gasteiger partial charge in [0.2, 0.25) is 0 Å². The van der Waals surface area contributed by atoms with Crippen molar-refractivity contribution in [3.8, 4) is 17.1 Å². The van der Waals surface area contributed by atoms with E-state index in [2.05, 4.69) is 449 Å². The SMILES string of the molecule is Brc1c2ccccc2c(Br)c2ccccc12.c1ccc(N(c2ccc(-n3c4ccccc4c4ccccc43)cc2)c2c3ccccc3c(N(c3ccccc3)c3ccc(-n4c5ccccc5c5ccccc54)cc3)c3ccccc23)cc1.c1ccc(Nc2ccc(-n3c4ccccc4c4ccccc43)cc2)cc1. The van der Waals surface area contributed by atoms with Crippen LogP contribution in [0.3, 0.4) is 0 Å². The van der Waals surface area contributed by atoms with Crippen molar-refractivity contribution in [1.82, 2.24) is 13.7 Å². The predicted octanol–water partition coefficient (Wildman–Crippen LogP) is 29.2. The van der Waals surface area contributed by atoms with Gasteiger partial charge in [0, 0.05) is 114 Å². The molecular formula is C100H68Br2N6. The van der Waals surface area contributed by atoms with Gasteiger partial charge in [0.15, 0.2) is 0 Å². The van der Waals surface area contributed by atoms with Crippen LogP contribution >= 0.6 is 31.9 Å². The van der Waals surface area contributed by atoms with Crippen molar-refractivity contribution >= 4 is 186 Å². The van der Waals surface area contributed by atoms with Crippen LogP contribution in [0, 0.1) is 0 Å². The summed E-state index contributed by atoms with van der Waals surface area (Å²) in [6, 6.07) is 145. The molecule has 18 aromatic carbocycles. The van der Waals surface area contributed by atoms with Crippen LogP contribution < -0.4 is 15.1 Å². The summed E-state index contributed by atoms with van der Waals surface area (Å²) >= 11 is 7.39. The van der Waals surface area contributed by atoms with Crippen LogP contribution in [-0.4, -0.2) is 13.7 Å². The first-order chi connectivity index (χ1) is 53.5. The van der Waals surface area contributed by atoms with Crippen molar-refractivity contribution in [1.29, 1.82) is 0 Å². The number of nitrogens with one attached hydrogen (secondary N) is 1. The maximum Gasteiger partial charge on any atom is 0.0619 e. The van der Waals surface area contributed by atoms with Gasteiger partial charge in [-0.15, -0.1) is 0 Å². The summed E-state index contributed by atoms with van der Waals surface area (Å²) in [5.74, 6) is 0. The number of fused-ring (bicyclic) bond motifs is 13. The lowest BCUT2D eigenvalue weighted by molar-refractivity contribution is 1.17. The highest BCUT2D eigenvalue weighted by molar-refractivity contribution is 9.11. The first kappa shape index (κ1) is 65.5. The number of aromatic nitrogens is 3. The zero-order valence-corrected chi connectivity index (χ0v) is 61.8. The zero-order valence-electron chi connectivity index (χ0n) is 58.7. The number of benzene rings is 18. The topological polar surface area (TPSA) is 33.3 Å². The molecule has 0 fully saturated rings. The zero-order chi connectivity index (χ0) is 72.0. The molecule has 3 aromatic heterocycles. The third-order valence-electron chi connectivity index (χ3n) is 20.8. The van der Waals surface area contributed by atoms with Gasteiger partial charge in [-0.2, -0.15) is 0 Å². The largest absolute Gasteiger partial charge is 0.356 e. The molecule has 0 saturated carbocycles. The van der Waals surface area contributed by atoms with E-state index >= 15 is 0 Å². The van der Waals surface area contributed by atoms with Gasteiger partial charge < -0.3 is 28.8 Å². The average molecular weight is 1510 g/mol. The van der Waals surface area contributed by atoms with Crippen LogP contribution in [0.4, 0.5) is 45.5 Å². The Balaban J connectivity index is 0.000000152. The quantitative estimate of drug-likeness (QED) is 0.103. The monoisotopic (exact) mass is 1510 g/mol. The Labute approximate surface area is 642 Å². The molecule has 21 aromatic rings. The minimum absolute atomic E-state index is 1.08. The summed E-state index contributed by atoms with van der Waals surface area (Å²) in [6.45, 7) is 0. The lowest BCUT2D eigenvalue weighted by Crippen LogP contribution is -2.14. The first-order valence-corrected chi connectivity index (χ1v) is 38.0. The summed E-state index contributed by atoms with van der Waals surface area (Å²) in [7, 11) is 0. The maximum absolute atomic E-state index is 3.70. The second-order valence-electron chi connectivity index (χ2n) is 27.0. The number of hydrogen-bond acceptors (Lipinski definition) is 3. The molecule has 6 nitrogen and oxygen atoms in total. The van der Waals surface area contributed by atoms with Gasteiger partial charge in [0.1, 0.15) is 0 Å². The Hall–Kier alpha value is -13.2. The van der Waals surface area contributed by atoms with Gasteiger partial charge in [0.05, 0.1) is 44.5 Å². The van der Waals surface area contributed by atoms with Gasteiger partial charge >= 0.3 is 0 Å². The van der Waals surface area contributed by atoms with E-state index in [0.29, 0.717) is 0 Å². The van der Waals surface area contributed by atoms with Crippen molar-refractivity contribution in [2.75, 3.05) is 15.1 Å². The predicted molar refractivity (Wildman–Crippen MR) is 467 cm³/mol. The van der Waals surface area contributed by atoms with Crippen molar-refractivity contribution < 1.29 is 0 Å². The van der Waals surface area contributed by atoms with E-state index in [4.69, 9.17) is 0 Å². The molecule has 1 N–H and O–H groups in total. The molecule has 0 amide bonds. The van der Waals surface area contributed by atoms with E-state index in [-0.39, 0.29) is 0 Å². The number of rotatable bonds is 11. The fourth-order valence-electron chi connectivity index (χ4n) is 16.0. The van der Waals surface area contributed by atoms with E-state index in [1.807, 2.05) is 18.2 Å². The lowest BCUT2D eigenvalue weighted by Gasteiger charge is -2.33. The van der Waals surface area contributed by atoms with E-state index in [9.17, 15) is 0 Å². The average Bonchev–Trinajstić information content (AvgIpc) is 1.06. The number of para-hydroxylation sites is 9. The van der Waals surface area contributed by atoms with Crippen LogP contribution in [0.25, 0.3) is 126 Å². The standard InChI is InChI=1S/C62H42N4.C24H18N2.C14H8Br2/c1-3-19-43(20-4-1)63(45-35-39-47(40-36-45)65-57-31-15-11-23-49(57)50-24-12-16-32-58(50)65)61-53-27-7-9-29-55(53)62(56-30-10-8-28-54(56)61)64(44-21-5-2-6-22-44)46-37-41-48(42-38-46)66-59-33-17-13-25-51(59)52-26-14-18-34-60(52)66;1-2-8-18(9-3-1)25-19-14-16-20(17-15-19)26-23-12-6-4-10-21(23)22-11-5-7-13-24(22)26;15-13-9-5-1-2-6-10(9)14(16)12-8-4-3-7-11(12)13/h1-42H;1-17,25H;1-8H. The minimum Gasteiger partial charge on any atom is -0.356 e.